The van der Waals surface area contributed by atoms with Crippen molar-refractivity contribution < 1.29 is 4.79 Å². The Balaban J connectivity index is 1.74. The van der Waals surface area contributed by atoms with Gasteiger partial charge in [-0.25, -0.2) is 0 Å². The monoisotopic (exact) mass is 285 g/mol. The molecule has 0 bridgehead atoms. The summed E-state index contributed by atoms with van der Waals surface area (Å²) in [6.07, 6.45) is 6.74. The highest BCUT2D eigenvalue weighted by Crippen LogP contribution is 2.37. The number of amides is 1. The third kappa shape index (κ3) is 2.38. The highest BCUT2D eigenvalue weighted by Gasteiger charge is 2.32. The average molecular weight is 286 g/mol. The number of anilines is 1. The first-order valence-corrected chi connectivity index (χ1v) is 7.77. The molecule has 4 nitrogen and oxygen atoms in total. The Hall–Kier alpha value is -0.680. The predicted octanol–water partition coefficient (Wildman–Crippen LogP) is 2.93. The highest BCUT2D eigenvalue weighted by molar-refractivity contribution is 7.15. The van der Waals surface area contributed by atoms with Gasteiger partial charge in [0.25, 0.3) is 0 Å². The summed E-state index contributed by atoms with van der Waals surface area (Å²) in [4.78, 5) is 13.4. The molecule has 98 valence electrons. The summed E-state index contributed by atoms with van der Waals surface area (Å²) in [5.41, 5.74) is 0. The van der Waals surface area contributed by atoms with Gasteiger partial charge in [0, 0.05) is 18.9 Å². The van der Waals surface area contributed by atoms with E-state index >= 15 is 0 Å². The first kappa shape index (κ1) is 12.4. The summed E-state index contributed by atoms with van der Waals surface area (Å²) >= 11 is 7.57. The first-order valence-electron chi connectivity index (χ1n) is 6.52. The molecule has 2 heterocycles. The molecule has 2 aliphatic rings. The van der Waals surface area contributed by atoms with E-state index in [0.717, 1.165) is 10.1 Å². The Bertz CT molecular complexity index is 444. The van der Waals surface area contributed by atoms with E-state index in [2.05, 4.69) is 10.2 Å². The van der Waals surface area contributed by atoms with Crippen LogP contribution >= 0.6 is 22.9 Å². The fourth-order valence-electron chi connectivity index (χ4n) is 2.70. The third-order valence-corrected chi connectivity index (χ3v) is 5.09. The molecule has 18 heavy (non-hydrogen) atoms. The highest BCUT2D eigenvalue weighted by atomic mass is 35.5. The maximum Gasteiger partial charge on any atom is 0.230 e. The molecule has 6 heteroatoms. The second-order valence-corrected chi connectivity index (χ2v) is 6.67. The number of hydrogen-bond donors (Lipinski definition) is 0. The Kier molecular flexibility index (Phi) is 3.52. The molecular formula is C12H16ClN3OS. The van der Waals surface area contributed by atoms with Gasteiger partial charge in [-0.05, 0) is 12.8 Å². The van der Waals surface area contributed by atoms with E-state index in [1.807, 2.05) is 0 Å². The van der Waals surface area contributed by atoms with Gasteiger partial charge in [-0.1, -0.05) is 30.6 Å². The minimum Gasteiger partial charge on any atom is -0.285 e. The van der Waals surface area contributed by atoms with Crippen molar-refractivity contribution in [2.45, 2.75) is 49.8 Å². The zero-order chi connectivity index (χ0) is 12.5. The fourth-order valence-corrected chi connectivity index (χ4v) is 4.01. The molecule has 1 aromatic heterocycles. The van der Waals surface area contributed by atoms with Crippen molar-refractivity contribution in [1.82, 2.24) is 10.2 Å². The number of hydrogen-bond acceptors (Lipinski definition) is 4. The second-order valence-electron chi connectivity index (χ2n) is 5.06. The largest absolute Gasteiger partial charge is 0.285 e. The van der Waals surface area contributed by atoms with Crippen LogP contribution in [0.3, 0.4) is 0 Å². The van der Waals surface area contributed by atoms with Gasteiger partial charge in [0.05, 0.1) is 5.38 Å². The molecule has 1 saturated heterocycles. The van der Waals surface area contributed by atoms with Gasteiger partial charge < -0.3 is 0 Å². The topological polar surface area (TPSA) is 46.1 Å². The molecule has 0 N–H and O–H groups in total. The van der Waals surface area contributed by atoms with Crippen LogP contribution in [0, 0.1) is 0 Å². The van der Waals surface area contributed by atoms with E-state index in [0.29, 0.717) is 18.9 Å². The molecule has 1 aromatic rings. The number of aromatic nitrogens is 2. The van der Waals surface area contributed by atoms with Gasteiger partial charge in [0.15, 0.2) is 0 Å². The lowest BCUT2D eigenvalue weighted by Crippen LogP contribution is -2.24. The van der Waals surface area contributed by atoms with Crippen LogP contribution in [-0.4, -0.2) is 28.0 Å². The van der Waals surface area contributed by atoms with Crippen LogP contribution in [0.2, 0.25) is 0 Å². The smallest absolute Gasteiger partial charge is 0.230 e. The number of rotatable bonds is 2. The Morgan fingerprint density at radius 2 is 2.00 bits per heavy atom. The molecule has 0 radical (unpaired) electrons. The fraction of sp³-hybridized carbons (Fsp3) is 0.750. The molecule has 1 saturated carbocycles. The molecule has 1 aliphatic carbocycles. The van der Waals surface area contributed by atoms with Gasteiger partial charge in [0.1, 0.15) is 5.01 Å². The van der Waals surface area contributed by atoms with Crippen LogP contribution < -0.4 is 4.90 Å². The van der Waals surface area contributed by atoms with Crippen LogP contribution in [-0.2, 0) is 4.79 Å². The molecule has 1 unspecified atom stereocenters. The molecule has 2 fully saturated rings. The first-order chi connectivity index (χ1) is 8.74. The van der Waals surface area contributed by atoms with E-state index in [4.69, 9.17) is 11.6 Å². The van der Waals surface area contributed by atoms with E-state index in [1.165, 1.54) is 32.1 Å². The van der Waals surface area contributed by atoms with E-state index in [-0.39, 0.29) is 11.3 Å². The number of carbonyl (C=O) groups excluding carboxylic acids is 1. The van der Waals surface area contributed by atoms with Gasteiger partial charge in [0.2, 0.25) is 11.0 Å². The average Bonchev–Trinajstić information content (AvgIpc) is 2.97. The summed E-state index contributed by atoms with van der Waals surface area (Å²) in [7, 11) is 0. The number of carbonyl (C=O) groups is 1. The molecular weight excluding hydrogens is 270 g/mol. The maximum absolute atomic E-state index is 11.8. The van der Waals surface area contributed by atoms with Crippen molar-refractivity contribution in [3.8, 4) is 0 Å². The summed E-state index contributed by atoms with van der Waals surface area (Å²) in [6, 6.07) is 0. The van der Waals surface area contributed by atoms with Crippen LogP contribution in [0.4, 0.5) is 5.13 Å². The van der Waals surface area contributed by atoms with Crippen LogP contribution in [0.15, 0.2) is 0 Å². The van der Waals surface area contributed by atoms with Gasteiger partial charge in [-0.3, -0.25) is 9.69 Å². The van der Waals surface area contributed by atoms with Crippen LogP contribution in [0.5, 0.6) is 0 Å². The summed E-state index contributed by atoms with van der Waals surface area (Å²) < 4.78 is 0. The molecule has 3 rings (SSSR count). The Morgan fingerprint density at radius 1 is 1.22 bits per heavy atom. The van der Waals surface area contributed by atoms with Crippen molar-refractivity contribution in [3.63, 3.8) is 0 Å². The molecule has 0 spiro atoms. The molecule has 1 atom stereocenters. The summed E-state index contributed by atoms with van der Waals surface area (Å²) in [5.74, 6) is 0.621. The van der Waals surface area contributed by atoms with Crippen molar-refractivity contribution in [2.24, 2.45) is 0 Å². The minimum atomic E-state index is -0.0838. The van der Waals surface area contributed by atoms with E-state index in [1.54, 1.807) is 16.2 Å². The van der Waals surface area contributed by atoms with E-state index in [9.17, 15) is 4.79 Å². The SMILES string of the molecule is O=C1CC(Cl)CN1c1nnc(C2CCCCC2)s1. The summed E-state index contributed by atoms with van der Waals surface area (Å²) in [5, 5.41) is 10.2. The van der Waals surface area contributed by atoms with Crippen molar-refractivity contribution in [1.29, 1.82) is 0 Å². The van der Waals surface area contributed by atoms with Crippen LogP contribution in [0.1, 0.15) is 49.5 Å². The second kappa shape index (κ2) is 5.13. The number of alkyl halides is 1. The maximum atomic E-state index is 11.8. The minimum absolute atomic E-state index is 0.0707. The molecule has 0 aromatic carbocycles. The Labute approximate surface area is 115 Å². The van der Waals surface area contributed by atoms with Crippen LogP contribution in [0.25, 0.3) is 0 Å². The Morgan fingerprint density at radius 3 is 2.67 bits per heavy atom. The zero-order valence-electron chi connectivity index (χ0n) is 10.1. The molecule has 1 amide bonds. The lowest BCUT2D eigenvalue weighted by atomic mass is 9.90. The predicted molar refractivity (Wildman–Crippen MR) is 72.3 cm³/mol. The van der Waals surface area contributed by atoms with Crippen molar-refractivity contribution in [3.05, 3.63) is 5.01 Å². The van der Waals surface area contributed by atoms with Gasteiger partial charge in [-0.15, -0.1) is 21.8 Å². The summed E-state index contributed by atoms with van der Waals surface area (Å²) in [6.45, 7) is 0.569. The normalized spacial score (nSPS) is 25.9. The lowest BCUT2D eigenvalue weighted by molar-refractivity contribution is -0.117. The third-order valence-electron chi connectivity index (χ3n) is 3.69. The zero-order valence-corrected chi connectivity index (χ0v) is 11.7. The van der Waals surface area contributed by atoms with E-state index < -0.39 is 0 Å². The number of nitrogens with zero attached hydrogens (tertiary/aromatic N) is 3. The van der Waals surface area contributed by atoms with Gasteiger partial charge >= 0.3 is 0 Å². The quantitative estimate of drug-likeness (QED) is 0.785. The standard InChI is InChI=1S/C12H16ClN3OS/c13-9-6-10(17)16(7-9)12-15-14-11(18-12)8-4-2-1-3-5-8/h8-9H,1-7H2. The van der Waals surface area contributed by atoms with Crippen molar-refractivity contribution in [2.75, 3.05) is 11.4 Å². The van der Waals surface area contributed by atoms with Crippen molar-refractivity contribution >= 4 is 34.0 Å². The van der Waals surface area contributed by atoms with Gasteiger partial charge in [-0.2, -0.15) is 0 Å². The molecule has 1 aliphatic heterocycles. The number of halogens is 1. The lowest BCUT2D eigenvalue weighted by Gasteiger charge is -2.18.